The van der Waals surface area contributed by atoms with E-state index < -0.39 is 10.0 Å². The normalized spacial score (nSPS) is 11.9. The third-order valence-electron chi connectivity index (χ3n) is 3.06. The van der Waals surface area contributed by atoms with Crippen molar-refractivity contribution in [2.24, 2.45) is 0 Å². The lowest BCUT2D eigenvalue weighted by molar-refractivity contribution is -0.133. The highest BCUT2D eigenvalue weighted by atomic mass is 32.2. The van der Waals surface area contributed by atoms with Crippen LogP contribution < -0.4 is 0 Å². The van der Waals surface area contributed by atoms with Gasteiger partial charge >= 0.3 is 0 Å². The van der Waals surface area contributed by atoms with Gasteiger partial charge in [0, 0.05) is 19.6 Å². The average Bonchev–Trinajstić information content (AvgIpc) is 2.35. The van der Waals surface area contributed by atoms with Crippen LogP contribution in [0.15, 0.2) is 30.3 Å². The van der Waals surface area contributed by atoms with Crippen LogP contribution in [0.3, 0.4) is 0 Å². The van der Waals surface area contributed by atoms with Crippen molar-refractivity contribution < 1.29 is 13.2 Å². The van der Waals surface area contributed by atoms with Crippen LogP contribution in [0.25, 0.3) is 0 Å². The molecule has 0 aliphatic carbocycles. The highest BCUT2D eigenvalue weighted by Gasteiger charge is 2.22. The van der Waals surface area contributed by atoms with Crippen molar-refractivity contribution in [1.29, 1.82) is 0 Å². The molecule has 1 aromatic carbocycles. The van der Waals surface area contributed by atoms with Crippen LogP contribution in [0.2, 0.25) is 0 Å². The van der Waals surface area contributed by atoms with Crippen molar-refractivity contribution in [2.75, 3.05) is 19.8 Å². The van der Waals surface area contributed by atoms with Gasteiger partial charge in [-0.1, -0.05) is 30.3 Å². The van der Waals surface area contributed by atoms with E-state index in [1.807, 2.05) is 44.2 Å². The second-order valence-electron chi connectivity index (χ2n) is 5.12. The van der Waals surface area contributed by atoms with E-state index in [4.69, 9.17) is 0 Å². The van der Waals surface area contributed by atoms with E-state index in [2.05, 4.69) is 0 Å². The number of sulfonamides is 1. The quantitative estimate of drug-likeness (QED) is 0.796. The first-order valence-corrected chi connectivity index (χ1v) is 8.31. The van der Waals surface area contributed by atoms with Crippen molar-refractivity contribution in [3.8, 4) is 0 Å². The Morgan fingerprint density at radius 2 is 1.75 bits per heavy atom. The summed E-state index contributed by atoms with van der Waals surface area (Å²) in [6.45, 7) is 4.18. The molecule has 0 heterocycles. The largest absolute Gasteiger partial charge is 0.335 e. The fourth-order valence-corrected chi connectivity index (χ4v) is 2.08. The van der Waals surface area contributed by atoms with Crippen LogP contribution in [-0.4, -0.2) is 49.4 Å². The molecule has 0 atom stereocenters. The van der Waals surface area contributed by atoms with Gasteiger partial charge in [0.25, 0.3) is 0 Å². The minimum atomic E-state index is -3.34. The molecule has 5 nitrogen and oxygen atoms in total. The zero-order valence-corrected chi connectivity index (χ0v) is 13.2. The van der Waals surface area contributed by atoms with Crippen molar-refractivity contribution >= 4 is 15.9 Å². The summed E-state index contributed by atoms with van der Waals surface area (Å²) in [5.74, 6) is -0.197. The van der Waals surface area contributed by atoms with Crippen LogP contribution in [0.4, 0.5) is 0 Å². The molecule has 0 fully saturated rings. The summed E-state index contributed by atoms with van der Waals surface area (Å²) in [5.41, 5.74) is 1.02. The predicted octanol–water partition coefficient (Wildman–Crippen LogP) is 1.32. The Morgan fingerprint density at radius 1 is 1.20 bits per heavy atom. The molecule has 0 saturated heterocycles. The van der Waals surface area contributed by atoms with E-state index in [1.165, 1.54) is 7.05 Å². The van der Waals surface area contributed by atoms with Crippen molar-refractivity contribution in [1.82, 2.24) is 9.21 Å². The number of rotatable bonds is 6. The first kappa shape index (κ1) is 16.7. The van der Waals surface area contributed by atoms with Gasteiger partial charge < -0.3 is 4.90 Å². The number of carbonyl (C=O) groups excluding carboxylic acids is 1. The number of likely N-dealkylation sites (N-methyl/N-ethyl adjacent to an activating group) is 1. The molecule has 0 aliphatic rings. The maximum atomic E-state index is 12.3. The number of benzene rings is 1. The van der Waals surface area contributed by atoms with Gasteiger partial charge in [0.15, 0.2) is 0 Å². The lowest BCUT2D eigenvalue weighted by Gasteiger charge is -2.28. The van der Waals surface area contributed by atoms with Gasteiger partial charge in [-0.3, -0.25) is 4.79 Å². The summed E-state index contributed by atoms with van der Waals surface area (Å²) >= 11 is 0. The number of carbonyl (C=O) groups is 1. The van der Waals surface area contributed by atoms with E-state index in [1.54, 1.807) is 4.90 Å². The summed E-state index contributed by atoms with van der Waals surface area (Å²) in [6, 6.07) is 9.66. The Bertz CT molecular complexity index is 541. The third kappa shape index (κ3) is 4.94. The Labute approximate surface area is 121 Å². The highest BCUT2D eigenvalue weighted by molar-refractivity contribution is 7.88. The standard InChI is InChI=1S/C14H22N2O3S/c1-12(2)16(10-13-8-6-5-7-9-13)14(17)11-15(3)20(4,18)19/h5-9,12H,10-11H2,1-4H3. The molecule has 0 aromatic heterocycles. The average molecular weight is 298 g/mol. The molecule has 1 amide bonds. The zero-order chi connectivity index (χ0) is 15.3. The first-order chi connectivity index (χ1) is 9.21. The number of hydrogen-bond donors (Lipinski definition) is 0. The molecule has 6 heteroatoms. The first-order valence-electron chi connectivity index (χ1n) is 6.46. The molecule has 1 aromatic rings. The topological polar surface area (TPSA) is 57.7 Å². The minimum absolute atomic E-state index is 0.00988. The van der Waals surface area contributed by atoms with E-state index in [-0.39, 0.29) is 18.5 Å². The lowest BCUT2D eigenvalue weighted by atomic mass is 10.2. The molecule has 20 heavy (non-hydrogen) atoms. The molecule has 0 N–H and O–H groups in total. The number of nitrogens with zero attached hydrogens (tertiary/aromatic N) is 2. The maximum Gasteiger partial charge on any atom is 0.238 e. The van der Waals surface area contributed by atoms with Gasteiger partial charge in [-0.25, -0.2) is 8.42 Å². The van der Waals surface area contributed by atoms with Crippen molar-refractivity contribution in [3.05, 3.63) is 35.9 Å². The van der Waals surface area contributed by atoms with Crippen LogP contribution >= 0.6 is 0 Å². The van der Waals surface area contributed by atoms with E-state index in [0.717, 1.165) is 16.1 Å². The van der Waals surface area contributed by atoms with Gasteiger partial charge in [-0.05, 0) is 19.4 Å². The van der Waals surface area contributed by atoms with Crippen LogP contribution in [0.1, 0.15) is 19.4 Å². The molecule has 0 aliphatic heterocycles. The minimum Gasteiger partial charge on any atom is -0.335 e. The number of hydrogen-bond acceptors (Lipinski definition) is 3. The second kappa shape index (κ2) is 6.85. The molecule has 112 valence electrons. The van der Waals surface area contributed by atoms with Crippen LogP contribution in [-0.2, 0) is 21.4 Å². The highest BCUT2D eigenvalue weighted by Crippen LogP contribution is 2.09. The van der Waals surface area contributed by atoms with Crippen molar-refractivity contribution in [2.45, 2.75) is 26.4 Å². The molecular formula is C14H22N2O3S. The van der Waals surface area contributed by atoms with E-state index in [0.29, 0.717) is 6.54 Å². The maximum absolute atomic E-state index is 12.3. The molecule has 0 spiro atoms. The number of amides is 1. The molecule has 0 bridgehead atoms. The third-order valence-corrected chi connectivity index (χ3v) is 4.32. The zero-order valence-electron chi connectivity index (χ0n) is 12.4. The summed E-state index contributed by atoms with van der Waals surface area (Å²) < 4.78 is 23.8. The fourth-order valence-electron chi connectivity index (χ4n) is 1.74. The van der Waals surface area contributed by atoms with Gasteiger partial charge in [-0.2, -0.15) is 4.31 Å². The Balaban J connectivity index is 2.79. The molecular weight excluding hydrogens is 276 g/mol. The molecule has 0 radical (unpaired) electrons. The van der Waals surface area contributed by atoms with Crippen molar-refractivity contribution in [3.63, 3.8) is 0 Å². The summed E-state index contributed by atoms with van der Waals surface area (Å²) in [7, 11) is -1.93. The van der Waals surface area contributed by atoms with Gasteiger partial charge in [0.2, 0.25) is 15.9 Å². The SMILES string of the molecule is CC(C)N(Cc1ccccc1)C(=O)CN(C)S(C)(=O)=O. The Morgan fingerprint density at radius 3 is 2.20 bits per heavy atom. The monoisotopic (exact) mass is 298 g/mol. The van der Waals surface area contributed by atoms with Crippen LogP contribution in [0.5, 0.6) is 0 Å². The fraction of sp³-hybridized carbons (Fsp3) is 0.500. The molecule has 1 rings (SSSR count). The summed E-state index contributed by atoms with van der Waals surface area (Å²) in [5, 5.41) is 0. The Kier molecular flexibility index (Phi) is 5.71. The second-order valence-corrected chi connectivity index (χ2v) is 7.21. The van der Waals surface area contributed by atoms with Crippen LogP contribution in [0, 0.1) is 0 Å². The molecule has 0 unspecified atom stereocenters. The van der Waals surface area contributed by atoms with E-state index in [9.17, 15) is 13.2 Å². The molecule has 0 saturated carbocycles. The van der Waals surface area contributed by atoms with Gasteiger partial charge in [0.1, 0.15) is 0 Å². The predicted molar refractivity (Wildman–Crippen MR) is 79.6 cm³/mol. The Hall–Kier alpha value is -1.40. The summed E-state index contributed by atoms with van der Waals surface area (Å²) in [6.07, 6.45) is 1.09. The summed E-state index contributed by atoms with van der Waals surface area (Å²) in [4.78, 5) is 13.9. The van der Waals surface area contributed by atoms with Gasteiger partial charge in [-0.15, -0.1) is 0 Å². The smallest absolute Gasteiger partial charge is 0.238 e. The van der Waals surface area contributed by atoms with Gasteiger partial charge in [0.05, 0.1) is 12.8 Å². The van der Waals surface area contributed by atoms with E-state index >= 15 is 0 Å². The lowest BCUT2D eigenvalue weighted by Crippen LogP contribution is -2.43.